The number of aromatic amines is 1. The summed E-state index contributed by atoms with van der Waals surface area (Å²) in [5.74, 6) is 6.38. The topological polar surface area (TPSA) is 96.4 Å². The Bertz CT molecular complexity index is 973. The number of carbonyl (C=O) groups excluding carboxylic acids is 1. The highest BCUT2D eigenvalue weighted by atomic mass is 16.6. The third-order valence-electron chi connectivity index (χ3n) is 5.01. The van der Waals surface area contributed by atoms with Gasteiger partial charge in [0, 0.05) is 26.2 Å². The first kappa shape index (κ1) is 19.7. The Morgan fingerprint density at radius 3 is 2.64 bits per heavy atom. The predicted octanol–water partition coefficient (Wildman–Crippen LogP) is 1.59. The molecule has 1 aliphatic heterocycles. The van der Waals surface area contributed by atoms with Crippen LogP contribution < -0.4 is 10.6 Å². The summed E-state index contributed by atoms with van der Waals surface area (Å²) in [5, 5.41) is 0. The fraction of sp³-hybridized carbons (Fsp3) is 0.579. The monoisotopic (exact) mass is 386 g/mol. The second-order valence-corrected chi connectivity index (χ2v) is 7.29. The van der Waals surface area contributed by atoms with Gasteiger partial charge in [-0.3, -0.25) is 9.55 Å². The van der Waals surface area contributed by atoms with Crippen molar-refractivity contribution in [3.05, 3.63) is 16.8 Å². The molecule has 150 valence electrons. The number of nitrogens with one attached hydrogen (secondary N) is 1. The lowest BCUT2D eigenvalue weighted by molar-refractivity contribution is 0.0106. The first-order chi connectivity index (χ1) is 13.4. The van der Waals surface area contributed by atoms with Gasteiger partial charge in [0.25, 0.3) is 0 Å². The highest BCUT2D eigenvalue weighted by Crippen LogP contribution is 2.23. The Kier molecular flexibility index (Phi) is 5.58. The summed E-state index contributed by atoms with van der Waals surface area (Å²) >= 11 is 0. The van der Waals surface area contributed by atoms with Crippen LogP contribution in [0.3, 0.4) is 0 Å². The number of imidazole rings is 1. The van der Waals surface area contributed by atoms with E-state index >= 15 is 0 Å². The zero-order valence-corrected chi connectivity index (χ0v) is 16.8. The second kappa shape index (κ2) is 7.92. The summed E-state index contributed by atoms with van der Waals surface area (Å²) in [6.07, 6.45) is 1.90. The van der Waals surface area contributed by atoms with Gasteiger partial charge in [0.2, 0.25) is 0 Å². The minimum atomic E-state index is -0.478. The molecule has 0 aliphatic carbocycles. The average molecular weight is 386 g/mol. The fourth-order valence-electron chi connectivity index (χ4n) is 2.99. The van der Waals surface area contributed by atoms with Gasteiger partial charge in [0.1, 0.15) is 17.4 Å². The lowest BCUT2D eigenvalue weighted by Gasteiger charge is -2.36. The summed E-state index contributed by atoms with van der Waals surface area (Å²) in [4.78, 5) is 39.8. The largest absolute Gasteiger partial charge is 0.443 e. The Morgan fingerprint density at radius 1 is 1.29 bits per heavy atom. The molecule has 9 heteroatoms. The van der Waals surface area contributed by atoms with Gasteiger partial charge in [-0.15, -0.1) is 5.92 Å². The molecule has 9 nitrogen and oxygen atoms in total. The average Bonchev–Trinajstić information content (AvgIpc) is 3.01. The van der Waals surface area contributed by atoms with E-state index < -0.39 is 5.60 Å². The molecule has 2 aromatic heterocycles. The van der Waals surface area contributed by atoms with E-state index in [1.807, 2.05) is 20.8 Å². The van der Waals surface area contributed by atoms with Crippen molar-refractivity contribution >= 4 is 23.1 Å². The number of piperazine rings is 1. The molecule has 1 saturated heterocycles. The number of carbonyl (C=O) groups is 1. The van der Waals surface area contributed by atoms with Crippen LogP contribution in [0.5, 0.6) is 0 Å². The number of hydrogen-bond donors (Lipinski definition) is 1. The van der Waals surface area contributed by atoms with Crippen LogP contribution in [0.1, 0.15) is 34.1 Å². The van der Waals surface area contributed by atoms with Gasteiger partial charge in [-0.05, 0) is 27.2 Å². The molecular formula is C19H26N6O3. The maximum absolute atomic E-state index is 12.4. The molecule has 1 amide bonds. The van der Waals surface area contributed by atoms with Gasteiger partial charge in [0.15, 0.2) is 11.5 Å². The molecule has 0 saturated carbocycles. The number of aromatic nitrogens is 4. The Balaban J connectivity index is 1.79. The normalized spacial score (nSPS) is 14.7. The lowest BCUT2D eigenvalue weighted by atomic mass is 10.1. The van der Waals surface area contributed by atoms with E-state index in [4.69, 9.17) is 4.74 Å². The van der Waals surface area contributed by atoms with E-state index in [0.29, 0.717) is 43.2 Å². The van der Waals surface area contributed by atoms with E-state index in [9.17, 15) is 9.59 Å². The smallest absolute Gasteiger partial charge is 0.410 e. The van der Waals surface area contributed by atoms with Gasteiger partial charge in [-0.1, -0.05) is 12.8 Å². The molecule has 3 rings (SSSR count). The number of H-pyrrole nitrogens is 1. The number of fused-ring (bicyclic) bond motifs is 1. The van der Waals surface area contributed by atoms with Crippen molar-refractivity contribution in [2.24, 2.45) is 0 Å². The van der Waals surface area contributed by atoms with Crippen LogP contribution in [-0.4, -0.2) is 62.3 Å². The van der Waals surface area contributed by atoms with E-state index in [0.717, 1.165) is 6.42 Å². The van der Waals surface area contributed by atoms with Crippen molar-refractivity contribution in [1.29, 1.82) is 0 Å². The van der Waals surface area contributed by atoms with E-state index in [-0.39, 0.29) is 18.3 Å². The third-order valence-corrected chi connectivity index (χ3v) is 5.01. The number of ether oxygens (including phenoxy) is 1. The molecule has 0 spiro atoms. The zero-order valence-electron chi connectivity index (χ0n) is 16.8. The van der Waals surface area contributed by atoms with E-state index in [1.54, 1.807) is 16.4 Å². The molecule has 0 aromatic carbocycles. The van der Waals surface area contributed by atoms with E-state index in [2.05, 4.69) is 31.7 Å². The standard InChI is InChI=1S/C19H26N6O3/c1-5-7-8-25-14-15(22-17(25)26)20-13-21-16(14)23-9-11-24(12-10-23)18(27)28-19(3,4)6-2/h13H,6,8-12H2,1-4H3,(H,20,21,22,26). The molecule has 3 heterocycles. The molecule has 1 fully saturated rings. The molecule has 0 bridgehead atoms. The highest BCUT2D eigenvalue weighted by molar-refractivity contribution is 5.84. The maximum atomic E-state index is 12.4. The number of rotatable bonds is 4. The van der Waals surface area contributed by atoms with Crippen LogP contribution in [0.4, 0.5) is 10.6 Å². The number of anilines is 1. The van der Waals surface area contributed by atoms with Crippen LogP contribution >= 0.6 is 0 Å². The molecule has 0 radical (unpaired) electrons. The van der Waals surface area contributed by atoms with Gasteiger partial charge < -0.3 is 14.5 Å². The molecule has 1 N–H and O–H groups in total. The van der Waals surface area contributed by atoms with Crippen molar-refractivity contribution < 1.29 is 9.53 Å². The summed E-state index contributed by atoms with van der Waals surface area (Å²) in [7, 11) is 0. The van der Waals surface area contributed by atoms with Crippen molar-refractivity contribution in [2.75, 3.05) is 31.1 Å². The summed E-state index contributed by atoms with van der Waals surface area (Å²) < 4.78 is 7.13. The van der Waals surface area contributed by atoms with Crippen molar-refractivity contribution in [3.8, 4) is 11.8 Å². The van der Waals surface area contributed by atoms with Gasteiger partial charge >= 0.3 is 11.8 Å². The third kappa shape index (κ3) is 3.96. The predicted molar refractivity (Wildman–Crippen MR) is 106 cm³/mol. The minimum absolute atomic E-state index is 0.261. The van der Waals surface area contributed by atoms with Gasteiger partial charge in [0.05, 0.1) is 6.54 Å². The first-order valence-corrected chi connectivity index (χ1v) is 9.42. The highest BCUT2D eigenvalue weighted by Gasteiger charge is 2.29. The summed E-state index contributed by atoms with van der Waals surface area (Å²) in [5.41, 5.74) is 0.385. The SMILES string of the molecule is CC#CCn1c(=O)[nH]c2ncnc(N3CCN(C(=O)OC(C)(C)CC)CC3)c21. The molecular weight excluding hydrogens is 360 g/mol. The Morgan fingerprint density at radius 2 is 2.00 bits per heavy atom. The van der Waals surface area contributed by atoms with Crippen LogP contribution in [0.25, 0.3) is 11.2 Å². The number of nitrogens with zero attached hydrogens (tertiary/aromatic N) is 5. The molecule has 28 heavy (non-hydrogen) atoms. The van der Waals surface area contributed by atoms with Crippen molar-refractivity contribution in [3.63, 3.8) is 0 Å². The molecule has 0 atom stereocenters. The molecule has 0 unspecified atom stereocenters. The minimum Gasteiger partial charge on any atom is -0.443 e. The Labute approximate surface area is 163 Å². The Hall–Kier alpha value is -3.02. The molecule has 2 aromatic rings. The van der Waals surface area contributed by atoms with Crippen molar-refractivity contribution in [2.45, 2.75) is 46.3 Å². The van der Waals surface area contributed by atoms with Crippen LogP contribution in [0.15, 0.2) is 11.1 Å². The molecule has 1 aliphatic rings. The van der Waals surface area contributed by atoms with Gasteiger partial charge in [-0.25, -0.2) is 19.6 Å². The van der Waals surface area contributed by atoms with Crippen molar-refractivity contribution in [1.82, 2.24) is 24.4 Å². The quantitative estimate of drug-likeness (QED) is 0.802. The number of hydrogen-bond acceptors (Lipinski definition) is 6. The van der Waals surface area contributed by atoms with Gasteiger partial charge in [-0.2, -0.15) is 0 Å². The first-order valence-electron chi connectivity index (χ1n) is 9.42. The van der Waals surface area contributed by atoms with Crippen LogP contribution in [0.2, 0.25) is 0 Å². The van der Waals surface area contributed by atoms with Crippen LogP contribution in [-0.2, 0) is 11.3 Å². The zero-order chi connectivity index (χ0) is 20.3. The number of amides is 1. The summed E-state index contributed by atoms with van der Waals surface area (Å²) in [6, 6.07) is 0. The van der Waals surface area contributed by atoms with E-state index in [1.165, 1.54) is 6.33 Å². The lowest BCUT2D eigenvalue weighted by Crippen LogP contribution is -2.50. The fourth-order valence-corrected chi connectivity index (χ4v) is 2.99. The summed E-state index contributed by atoms with van der Waals surface area (Å²) in [6.45, 7) is 10.0. The van der Waals surface area contributed by atoms with Crippen LogP contribution in [0, 0.1) is 11.8 Å². The second-order valence-electron chi connectivity index (χ2n) is 7.29. The maximum Gasteiger partial charge on any atom is 0.410 e.